The fourth-order valence-corrected chi connectivity index (χ4v) is 1.62. The zero-order valence-corrected chi connectivity index (χ0v) is 13.0. The van der Waals surface area contributed by atoms with Crippen molar-refractivity contribution >= 4 is 24.2 Å². The summed E-state index contributed by atoms with van der Waals surface area (Å²) >= 11 is 0. The van der Waals surface area contributed by atoms with Gasteiger partial charge >= 0.3 is 0 Å². The number of phenolic OH excluding ortho intramolecular Hbond substituents is 1. The van der Waals surface area contributed by atoms with Gasteiger partial charge in [0.1, 0.15) is 5.75 Å². The molecule has 1 rings (SSSR count). The second-order valence-corrected chi connectivity index (χ2v) is 5.06. The van der Waals surface area contributed by atoms with Gasteiger partial charge in [0.15, 0.2) is 0 Å². The molecule has 7 heteroatoms. The molecular weight excluding hydrogens is 284 g/mol. The highest BCUT2D eigenvalue weighted by atomic mass is 16.3. The maximum Gasteiger partial charge on any atom is 0.236 e. The molecule has 1 aromatic carbocycles. The molecule has 3 N–H and O–H groups in total. The molecule has 0 aromatic heterocycles. The van der Waals surface area contributed by atoms with E-state index in [1.54, 1.807) is 12.1 Å². The smallest absolute Gasteiger partial charge is 0.236 e. The number of amides is 2. The van der Waals surface area contributed by atoms with Crippen molar-refractivity contribution in [1.29, 1.82) is 0 Å². The van der Waals surface area contributed by atoms with Crippen molar-refractivity contribution < 1.29 is 14.7 Å². The molecule has 0 heterocycles. The van der Waals surface area contributed by atoms with Crippen LogP contribution in [0.1, 0.15) is 50.3 Å². The van der Waals surface area contributed by atoms with E-state index in [9.17, 15) is 14.7 Å². The molecule has 0 fully saturated rings. The zero-order chi connectivity index (χ0) is 16.7. The van der Waals surface area contributed by atoms with Crippen molar-refractivity contribution in [3.63, 3.8) is 0 Å². The maximum absolute atomic E-state index is 10.8. The number of carbonyl (C=O) groups is 2. The third-order valence-corrected chi connectivity index (χ3v) is 2.71. The van der Waals surface area contributed by atoms with Crippen LogP contribution in [-0.2, 0) is 9.59 Å². The van der Waals surface area contributed by atoms with E-state index < -0.39 is 0 Å². The average Bonchev–Trinajstić information content (AvgIpc) is 2.41. The van der Waals surface area contributed by atoms with Gasteiger partial charge in [-0.1, -0.05) is 13.8 Å². The Morgan fingerprint density at radius 1 is 1.05 bits per heavy atom. The highest BCUT2D eigenvalue weighted by Gasteiger charge is 2.10. The molecule has 0 radical (unpaired) electrons. The molecule has 0 unspecified atom stereocenters. The molecule has 0 aliphatic rings. The quantitative estimate of drug-likeness (QED) is 0.566. The predicted octanol–water partition coefficient (Wildman–Crippen LogP) is 1.46. The van der Waals surface area contributed by atoms with Crippen LogP contribution >= 0.6 is 0 Å². The monoisotopic (exact) mass is 304 g/mol. The van der Waals surface area contributed by atoms with Gasteiger partial charge in [-0.3, -0.25) is 9.59 Å². The van der Waals surface area contributed by atoms with Crippen LogP contribution in [0.4, 0.5) is 0 Å². The molecule has 0 spiro atoms. The van der Waals surface area contributed by atoms with Crippen LogP contribution in [0, 0.1) is 0 Å². The predicted molar refractivity (Wildman–Crippen MR) is 85.0 cm³/mol. The van der Waals surface area contributed by atoms with Gasteiger partial charge in [0.2, 0.25) is 11.8 Å². The molecule has 22 heavy (non-hydrogen) atoms. The largest absolute Gasteiger partial charge is 0.507 e. The lowest BCUT2D eigenvalue weighted by Crippen LogP contribution is -2.13. The van der Waals surface area contributed by atoms with Gasteiger partial charge in [-0.2, -0.15) is 10.2 Å². The van der Waals surface area contributed by atoms with Gasteiger partial charge in [-0.25, -0.2) is 10.9 Å². The van der Waals surface area contributed by atoms with E-state index in [4.69, 9.17) is 0 Å². The van der Waals surface area contributed by atoms with E-state index in [1.807, 2.05) is 13.8 Å². The van der Waals surface area contributed by atoms with Crippen LogP contribution in [-0.4, -0.2) is 29.4 Å². The Morgan fingerprint density at radius 3 is 1.77 bits per heavy atom. The number of nitrogens with one attached hydrogen (secondary N) is 2. The number of hydrogen-bond donors (Lipinski definition) is 3. The first-order valence-electron chi connectivity index (χ1n) is 6.77. The van der Waals surface area contributed by atoms with Crippen LogP contribution < -0.4 is 10.9 Å². The number of phenols is 1. The van der Waals surface area contributed by atoms with E-state index in [-0.39, 0.29) is 23.5 Å². The summed E-state index contributed by atoms with van der Waals surface area (Å²) in [5.41, 5.74) is 6.41. The van der Waals surface area contributed by atoms with Gasteiger partial charge in [0.25, 0.3) is 0 Å². The van der Waals surface area contributed by atoms with E-state index in [2.05, 4.69) is 21.1 Å². The van der Waals surface area contributed by atoms with Gasteiger partial charge in [-0.05, 0) is 23.6 Å². The van der Waals surface area contributed by atoms with Crippen molar-refractivity contribution in [3.05, 3.63) is 28.8 Å². The number of hydrazone groups is 2. The zero-order valence-electron chi connectivity index (χ0n) is 13.0. The number of rotatable bonds is 5. The Balaban J connectivity index is 3.17. The minimum absolute atomic E-state index is 0.0346. The van der Waals surface area contributed by atoms with Crippen LogP contribution in [0.5, 0.6) is 5.75 Å². The number of aromatic hydroxyl groups is 1. The topological polar surface area (TPSA) is 103 Å². The summed E-state index contributed by atoms with van der Waals surface area (Å²) in [5.74, 6) is -0.416. The summed E-state index contributed by atoms with van der Waals surface area (Å²) in [5, 5.41) is 17.7. The number of benzene rings is 1. The van der Waals surface area contributed by atoms with Crippen LogP contribution in [0.3, 0.4) is 0 Å². The molecule has 0 bridgehead atoms. The molecule has 1 aromatic rings. The van der Waals surface area contributed by atoms with Gasteiger partial charge in [0, 0.05) is 25.0 Å². The minimum Gasteiger partial charge on any atom is -0.507 e. The first-order chi connectivity index (χ1) is 10.3. The Hall–Kier alpha value is -2.70. The summed E-state index contributed by atoms with van der Waals surface area (Å²) in [7, 11) is 0. The average molecular weight is 304 g/mol. The maximum atomic E-state index is 10.8. The minimum atomic E-state index is -0.303. The summed E-state index contributed by atoms with van der Waals surface area (Å²) < 4.78 is 0. The Kier molecular flexibility index (Phi) is 6.25. The lowest BCUT2D eigenvalue weighted by molar-refractivity contribution is -0.119. The fourth-order valence-electron chi connectivity index (χ4n) is 1.62. The van der Waals surface area contributed by atoms with Crippen LogP contribution in [0.2, 0.25) is 0 Å². The van der Waals surface area contributed by atoms with Gasteiger partial charge < -0.3 is 5.11 Å². The molecule has 7 nitrogen and oxygen atoms in total. The molecular formula is C15H20N4O3. The van der Waals surface area contributed by atoms with Crippen LogP contribution in [0.25, 0.3) is 0 Å². The summed E-state index contributed by atoms with van der Waals surface area (Å²) in [6.45, 7) is 6.70. The Bertz CT molecular complexity index is 574. The highest BCUT2D eigenvalue weighted by molar-refractivity contribution is 5.93. The number of nitrogens with zero attached hydrogens (tertiary/aromatic N) is 2. The second kappa shape index (κ2) is 7.92. The molecule has 0 aliphatic carbocycles. The number of carbonyl (C=O) groups excluding carboxylic acids is 2. The second-order valence-electron chi connectivity index (χ2n) is 5.06. The molecule has 118 valence electrons. The third-order valence-electron chi connectivity index (χ3n) is 2.71. The summed E-state index contributed by atoms with van der Waals surface area (Å²) in [6.07, 6.45) is 2.72. The van der Waals surface area contributed by atoms with E-state index in [0.717, 1.165) is 5.56 Å². The molecule has 0 saturated heterocycles. The SMILES string of the molecule is CC(=O)N/N=C\c1cc(C(C)C)cc(/C=N\NC(C)=O)c1O. The van der Waals surface area contributed by atoms with Crippen molar-refractivity contribution in [2.45, 2.75) is 33.6 Å². The summed E-state index contributed by atoms with van der Waals surface area (Å²) in [6, 6.07) is 3.56. The van der Waals surface area contributed by atoms with Crippen molar-refractivity contribution in [2.24, 2.45) is 10.2 Å². The highest BCUT2D eigenvalue weighted by Crippen LogP contribution is 2.26. The van der Waals surface area contributed by atoms with E-state index >= 15 is 0 Å². The molecule has 2 amide bonds. The molecule has 0 saturated carbocycles. The van der Waals surface area contributed by atoms with Gasteiger partial charge in [0.05, 0.1) is 12.4 Å². The fraction of sp³-hybridized carbons (Fsp3) is 0.333. The Labute approximate surface area is 129 Å². The van der Waals surface area contributed by atoms with Crippen molar-refractivity contribution in [3.8, 4) is 5.75 Å². The first-order valence-corrected chi connectivity index (χ1v) is 6.77. The van der Waals surface area contributed by atoms with E-state index in [0.29, 0.717) is 11.1 Å². The van der Waals surface area contributed by atoms with E-state index in [1.165, 1.54) is 26.3 Å². The third kappa shape index (κ3) is 5.35. The lowest BCUT2D eigenvalue weighted by atomic mass is 9.97. The molecule has 0 aliphatic heterocycles. The van der Waals surface area contributed by atoms with Crippen molar-refractivity contribution in [2.75, 3.05) is 0 Å². The Morgan fingerprint density at radius 2 is 1.45 bits per heavy atom. The van der Waals surface area contributed by atoms with Crippen molar-refractivity contribution in [1.82, 2.24) is 10.9 Å². The normalized spacial score (nSPS) is 11.3. The standard InChI is InChI=1S/C15H20N4O3/c1-9(2)12-5-13(7-16-18-10(3)20)15(22)14(6-12)8-17-19-11(4)21/h5-9,22H,1-4H3,(H,18,20)(H,19,21)/b16-7-,17-8-. The number of hydrogen-bond acceptors (Lipinski definition) is 5. The first kappa shape index (κ1) is 17.4. The summed E-state index contributed by atoms with van der Waals surface area (Å²) in [4.78, 5) is 21.6. The van der Waals surface area contributed by atoms with Crippen LogP contribution in [0.15, 0.2) is 22.3 Å². The van der Waals surface area contributed by atoms with Gasteiger partial charge in [-0.15, -0.1) is 0 Å². The molecule has 0 atom stereocenters. The lowest BCUT2D eigenvalue weighted by Gasteiger charge is -2.10.